The fourth-order valence-corrected chi connectivity index (χ4v) is 4.46. The third-order valence-electron chi connectivity index (χ3n) is 5.59. The number of carbonyl (C=O) groups excluding carboxylic acids is 1. The van der Waals surface area contributed by atoms with Crippen molar-refractivity contribution in [1.82, 2.24) is 5.32 Å². The molecule has 0 aromatic heterocycles. The minimum Gasteiger partial charge on any atom is -0.549 e. The van der Waals surface area contributed by atoms with Gasteiger partial charge in [0.05, 0.1) is 23.2 Å². The highest BCUT2D eigenvalue weighted by Gasteiger charge is 2.53. The first kappa shape index (κ1) is 22.7. The lowest BCUT2D eigenvalue weighted by Gasteiger charge is -2.51. The summed E-state index contributed by atoms with van der Waals surface area (Å²) in [5, 5.41) is 25.2. The second-order valence-electron chi connectivity index (χ2n) is 7.38. The van der Waals surface area contributed by atoms with E-state index in [9.17, 15) is 32.7 Å². The molecule has 1 N–H and O–H groups in total. The number of carboxylic acids is 1. The van der Waals surface area contributed by atoms with Gasteiger partial charge in [0.15, 0.2) is 0 Å². The van der Waals surface area contributed by atoms with Gasteiger partial charge in [-0.25, -0.2) is 4.39 Å². The van der Waals surface area contributed by atoms with Crippen molar-refractivity contribution in [3.63, 3.8) is 0 Å². The minimum atomic E-state index is -4.92. The lowest BCUT2D eigenvalue weighted by atomic mass is 9.58. The number of carbonyl (C=O) groups is 1. The molecule has 0 aliphatic carbocycles. The maximum absolute atomic E-state index is 13.8. The van der Waals surface area contributed by atoms with Gasteiger partial charge in [-0.2, -0.15) is 18.4 Å². The molecule has 2 rings (SSSR count). The number of carboxylic acid groups (broad SMARTS) is 1. The SMILES string of the molecule is CCCC1NC(C)=C(C#N)C(c2ccc(F)cc2C(F)(F)F)C1(CCC)C(=O)[O-]. The number of nitrogens with one attached hydrogen (secondary N) is 1. The van der Waals surface area contributed by atoms with Crippen LogP contribution in [0, 0.1) is 22.6 Å². The normalized spacial score (nSPS) is 24.8. The summed E-state index contributed by atoms with van der Waals surface area (Å²) in [4.78, 5) is 12.5. The second kappa shape index (κ2) is 8.44. The van der Waals surface area contributed by atoms with Gasteiger partial charge in [0.25, 0.3) is 0 Å². The number of rotatable bonds is 6. The number of hydrogen-bond acceptors (Lipinski definition) is 4. The predicted molar refractivity (Wildman–Crippen MR) is 96.6 cm³/mol. The summed E-state index contributed by atoms with van der Waals surface area (Å²) in [6.07, 6.45) is -3.62. The van der Waals surface area contributed by atoms with Crippen LogP contribution in [-0.2, 0) is 11.0 Å². The maximum Gasteiger partial charge on any atom is 0.416 e. The molecule has 1 aromatic carbocycles. The van der Waals surface area contributed by atoms with Gasteiger partial charge in [0.2, 0.25) is 0 Å². The van der Waals surface area contributed by atoms with Crippen LogP contribution in [0.5, 0.6) is 0 Å². The number of nitriles is 1. The third kappa shape index (κ3) is 3.96. The highest BCUT2D eigenvalue weighted by atomic mass is 19.4. The molecule has 1 heterocycles. The zero-order chi connectivity index (χ0) is 22.0. The Bertz CT molecular complexity index is 857. The average Bonchev–Trinajstić information content (AvgIpc) is 2.63. The zero-order valence-electron chi connectivity index (χ0n) is 16.5. The maximum atomic E-state index is 13.8. The molecule has 0 saturated heterocycles. The van der Waals surface area contributed by atoms with Crippen LogP contribution < -0.4 is 10.4 Å². The molecule has 0 spiro atoms. The van der Waals surface area contributed by atoms with Crippen molar-refractivity contribution in [3.05, 3.63) is 46.4 Å². The van der Waals surface area contributed by atoms with Crippen molar-refractivity contribution in [3.8, 4) is 6.07 Å². The van der Waals surface area contributed by atoms with Crippen LogP contribution >= 0.6 is 0 Å². The summed E-state index contributed by atoms with van der Waals surface area (Å²) in [5.41, 5.74) is -3.27. The molecule has 3 unspecified atom stereocenters. The molecule has 0 bridgehead atoms. The summed E-state index contributed by atoms with van der Waals surface area (Å²) >= 11 is 0. The average molecular weight is 411 g/mol. The number of halogens is 4. The van der Waals surface area contributed by atoms with Crippen LogP contribution in [0.15, 0.2) is 29.5 Å². The molecule has 0 saturated carbocycles. The van der Waals surface area contributed by atoms with Crippen molar-refractivity contribution in [2.45, 2.75) is 64.6 Å². The third-order valence-corrected chi connectivity index (χ3v) is 5.59. The van der Waals surface area contributed by atoms with Crippen molar-refractivity contribution in [2.75, 3.05) is 0 Å². The lowest BCUT2D eigenvalue weighted by molar-refractivity contribution is -0.322. The van der Waals surface area contributed by atoms with E-state index in [1.807, 2.05) is 13.0 Å². The standard InChI is InChI=1S/C21H24F4N2O2/c1-4-6-17-20(9-5-2,19(28)29)18(15(11-26)12(3)27-17)14-8-7-13(22)10-16(14)21(23,24)25/h7-8,10,17-18,27H,4-6,9H2,1-3H3,(H,28,29)/p-1. The summed E-state index contributed by atoms with van der Waals surface area (Å²) in [5.74, 6) is -4.02. The molecule has 4 nitrogen and oxygen atoms in total. The molecule has 3 atom stereocenters. The highest BCUT2D eigenvalue weighted by Crippen LogP contribution is 2.53. The molecular weight excluding hydrogens is 388 g/mol. The van der Waals surface area contributed by atoms with E-state index < -0.39 is 46.5 Å². The Morgan fingerprint density at radius 1 is 1.31 bits per heavy atom. The van der Waals surface area contributed by atoms with Crippen LogP contribution in [-0.4, -0.2) is 12.0 Å². The van der Waals surface area contributed by atoms with Gasteiger partial charge >= 0.3 is 6.18 Å². The number of benzene rings is 1. The van der Waals surface area contributed by atoms with Crippen LogP contribution in [0.1, 0.15) is 63.5 Å². The number of allylic oxidation sites excluding steroid dienone is 2. The Hall–Kier alpha value is -2.56. The topological polar surface area (TPSA) is 76.0 Å². The van der Waals surface area contributed by atoms with E-state index in [1.165, 1.54) is 6.92 Å². The fraction of sp³-hybridized carbons (Fsp3) is 0.524. The first-order valence-electron chi connectivity index (χ1n) is 9.50. The number of nitrogens with zero attached hydrogens (tertiary/aromatic N) is 1. The van der Waals surface area contributed by atoms with Crippen LogP contribution in [0.3, 0.4) is 0 Å². The Morgan fingerprint density at radius 3 is 2.45 bits per heavy atom. The molecule has 29 heavy (non-hydrogen) atoms. The Labute approximate surface area is 167 Å². The van der Waals surface area contributed by atoms with E-state index >= 15 is 0 Å². The summed E-state index contributed by atoms with van der Waals surface area (Å²) < 4.78 is 54.9. The monoisotopic (exact) mass is 411 g/mol. The van der Waals surface area contributed by atoms with Gasteiger partial charge in [0, 0.05) is 23.1 Å². The molecule has 1 aliphatic heterocycles. The summed E-state index contributed by atoms with van der Waals surface area (Å²) in [6, 6.07) is 3.31. The summed E-state index contributed by atoms with van der Waals surface area (Å²) in [7, 11) is 0. The quantitative estimate of drug-likeness (QED) is 0.717. The number of alkyl halides is 3. The van der Waals surface area contributed by atoms with Crippen molar-refractivity contribution < 1.29 is 27.5 Å². The molecule has 1 aromatic rings. The number of hydrogen-bond donors (Lipinski definition) is 1. The van der Waals surface area contributed by atoms with Gasteiger partial charge in [-0.05, 0) is 37.5 Å². The fourth-order valence-electron chi connectivity index (χ4n) is 4.46. The Balaban J connectivity index is 2.94. The van der Waals surface area contributed by atoms with E-state index in [4.69, 9.17) is 0 Å². The first-order valence-corrected chi connectivity index (χ1v) is 9.50. The molecule has 0 fully saturated rings. The van der Waals surface area contributed by atoms with Crippen molar-refractivity contribution >= 4 is 5.97 Å². The number of aliphatic carboxylic acids is 1. The Kier molecular flexibility index (Phi) is 6.61. The lowest BCUT2D eigenvalue weighted by Crippen LogP contribution is -2.61. The van der Waals surface area contributed by atoms with Gasteiger partial charge in [-0.3, -0.25) is 0 Å². The molecule has 0 amide bonds. The van der Waals surface area contributed by atoms with E-state index in [0.29, 0.717) is 31.0 Å². The molecule has 8 heteroatoms. The molecular formula is C21H23F4N2O2-. The van der Waals surface area contributed by atoms with Gasteiger partial charge in [-0.1, -0.05) is 32.8 Å². The van der Waals surface area contributed by atoms with Gasteiger partial charge < -0.3 is 15.2 Å². The van der Waals surface area contributed by atoms with Crippen LogP contribution in [0.2, 0.25) is 0 Å². The molecule has 158 valence electrons. The van der Waals surface area contributed by atoms with E-state index in [1.54, 1.807) is 6.92 Å². The first-order chi connectivity index (χ1) is 13.5. The van der Waals surface area contributed by atoms with Gasteiger partial charge in [0.1, 0.15) is 5.82 Å². The smallest absolute Gasteiger partial charge is 0.416 e. The molecule has 0 radical (unpaired) electrons. The van der Waals surface area contributed by atoms with Gasteiger partial charge in [-0.15, -0.1) is 0 Å². The van der Waals surface area contributed by atoms with Crippen molar-refractivity contribution in [1.29, 1.82) is 5.26 Å². The largest absolute Gasteiger partial charge is 0.549 e. The molecule has 1 aliphatic rings. The summed E-state index contributed by atoms with van der Waals surface area (Å²) in [6.45, 7) is 5.09. The minimum absolute atomic E-state index is 0.00476. The van der Waals surface area contributed by atoms with E-state index in [-0.39, 0.29) is 12.0 Å². The Morgan fingerprint density at radius 2 is 1.97 bits per heavy atom. The van der Waals surface area contributed by atoms with E-state index in [0.717, 1.165) is 12.1 Å². The highest BCUT2D eigenvalue weighted by molar-refractivity contribution is 5.78. The predicted octanol–water partition coefficient (Wildman–Crippen LogP) is 4.03. The van der Waals surface area contributed by atoms with Crippen LogP contribution in [0.4, 0.5) is 17.6 Å². The van der Waals surface area contributed by atoms with Crippen LogP contribution in [0.25, 0.3) is 0 Å². The van der Waals surface area contributed by atoms with Crippen molar-refractivity contribution in [2.24, 2.45) is 5.41 Å². The second-order valence-corrected chi connectivity index (χ2v) is 7.38. The zero-order valence-corrected chi connectivity index (χ0v) is 16.5. The van der Waals surface area contributed by atoms with E-state index in [2.05, 4.69) is 5.32 Å².